The van der Waals surface area contributed by atoms with E-state index in [9.17, 15) is 14.4 Å². The third-order valence-electron chi connectivity index (χ3n) is 12.9. The number of imidazole rings is 1. The van der Waals surface area contributed by atoms with Crippen molar-refractivity contribution < 1.29 is 14.4 Å². The van der Waals surface area contributed by atoms with E-state index in [0.717, 1.165) is 89.2 Å². The van der Waals surface area contributed by atoms with Crippen molar-refractivity contribution in [3.8, 4) is 0 Å². The molecule has 3 amide bonds. The Kier molecular flexibility index (Phi) is 49.5. The summed E-state index contributed by atoms with van der Waals surface area (Å²) in [5.41, 5.74) is 2.24. The quantitative estimate of drug-likeness (QED) is 0.0412. The van der Waals surface area contributed by atoms with Crippen LogP contribution < -0.4 is 21.3 Å². The maximum atomic E-state index is 12.5. The summed E-state index contributed by atoms with van der Waals surface area (Å²) in [6.45, 7) is 13.0. The van der Waals surface area contributed by atoms with Crippen LogP contribution in [0.1, 0.15) is 259 Å². The second-order valence-electron chi connectivity index (χ2n) is 19.3. The van der Waals surface area contributed by atoms with Crippen molar-refractivity contribution in [2.24, 2.45) is 4.99 Å². The van der Waals surface area contributed by atoms with Gasteiger partial charge >= 0.3 is 0 Å². The second-order valence-corrected chi connectivity index (χ2v) is 19.3. The van der Waals surface area contributed by atoms with E-state index in [1.54, 1.807) is 6.33 Å². The molecule has 0 atom stereocenters. The van der Waals surface area contributed by atoms with E-state index in [4.69, 9.17) is 0 Å². The highest BCUT2D eigenvalue weighted by Gasteiger charge is 2.12. The van der Waals surface area contributed by atoms with Crippen molar-refractivity contribution in [2.75, 3.05) is 52.4 Å². The van der Waals surface area contributed by atoms with Gasteiger partial charge in [-0.25, -0.2) is 4.98 Å². The topological polar surface area (TPSA) is 144 Å². The molecule has 0 saturated heterocycles. The van der Waals surface area contributed by atoms with Gasteiger partial charge in [-0.2, -0.15) is 0 Å². The number of unbranched alkanes of at least 4 members (excludes halogenated alkanes) is 27. The number of nitrogens with one attached hydrogen (secondary N) is 5. The van der Waals surface area contributed by atoms with Crippen LogP contribution in [-0.2, 0) is 20.8 Å². The fourth-order valence-electron chi connectivity index (χ4n) is 8.46. The van der Waals surface area contributed by atoms with E-state index < -0.39 is 0 Å². The lowest BCUT2D eigenvalue weighted by molar-refractivity contribution is -0.122. The Labute approximate surface area is 419 Å². The van der Waals surface area contributed by atoms with E-state index in [-0.39, 0.29) is 25.1 Å². The molecule has 0 aliphatic carbocycles. The Balaban J connectivity index is 0.00000147. The predicted octanol–water partition coefficient (Wildman–Crippen LogP) is 13.5. The number of aromatic nitrogens is 2. The second kappa shape index (κ2) is 51.8. The number of hydrogen-bond acceptors (Lipinski definition) is 7. The van der Waals surface area contributed by atoms with Crippen molar-refractivity contribution >= 4 is 23.9 Å². The van der Waals surface area contributed by atoms with E-state index in [0.29, 0.717) is 32.4 Å². The van der Waals surface area contributed by atoms with Crippen LogP contribution in [0.3, 0.4) is 0 Å². The lowest BCUT2D eigenvalue weighted by atomic mass is 10.1. The monoisotopic (exact) mass is 955 g/mol. The smallest absolute Gasteiger partial charge is 0.221 e. The molecule has 0 fully saturated rings. The zero-order chi connectivity index (χ0) is 48.4. The van der Waals surface area contributed by atoms with Crippen LogP contribution in [-0.4, -0.2) is 91.2 Å². The van der Waals surface area contributed by atoms with Gasteiger partial charge in [0.05, 0.1) is 6.33 Å². The van der Waals surface area contributed by atoms with Crippen molar-refractivity contribution in [1.82, 2.24) is 36.1 Å². The molecule has 0 radical (unpaired) electrons. The standard InChI is InChI=1S/C35H67N5O2.C21H39N3O.CH4/c1-3-5-7-9-11-13-15-17-19-21-26-37-34(41)24-29-40(28-23-33-31-36-32-39-33)30-25-35(42)38-27-22-20-18-16-14-12-10-8-6-4-2;1-2-3-4-5-6-7-8-9-10-11-16-24-21(25)15-19-22-18-14-20-13-12-17-23-20;/h31-32H,3-30H2,1-2H3,(H,36,39)(H,37,41)(H,38,42);13,17,22H,2-12,14-16,18-19H2,1H3,(H,24,25);1H4. The van der Waals surface area contributed by atoms with E-state index >= 15 is 0 Å². The van der Waals surface area contributed by atoms with Crippen molar-refractivity contribution in [2.45, 2.75) is 259 Å². The Bertz CT molecular complexity index is 1260. The largest absolute Gasteiger partial charge is 0.356 e. The molecular weight excluding hydrogens is 845 g/mol. The minimum absolute atomic E-state index is 0. The molecule has 1 aliphatic heterocycles. The Morgan fingerprint density at radius 3 is 1.26 bits per heavy atom. The van der Waals surface area contributed by atoms with Crippen LogP contribution in [0.4, 0.5) is 0 Å². The highest BCUT2D eigenvalue weighted by molar-refractivity contribution is 5.77. The molecule has 11 nitrogen and oxygen atoms in total. The molecule has 5 N–H and O–H groups in total. The average Bonchev–Trinajstić information content (AvgIpc) is 4.07. The molecule has 68 heavy (non-hydrogen) atoms. The number of nitrogens with zero attached hydrogens (tertiary/aromatic N) is 3. The van der Waals surface area contributed by atoms with Gasteiger partial charge in [-0.1, -0.05) is 208 Å². The Hall–Kier alpha value is -3.05. The summed E-state index contributed by atoms with van der Waals surface area (Å²) >= 11 is 0. The normalized spacial score (nSPS) is 11.9. The minimum Gasteiger partial charge on any atom is -0.356 e. The van der Waals surface area contributed by atoms with E-state index in [2.05, 4.69) is 68.0 Å². The van der Waals surface area contributed by atoms with Gasteiger partial charge in [0, 0.05) is 115 Å². The number of H-pyrrole nitrogens is 1. The summed E-state index contributed by atoms with van der Waals surface area (Å²) < 4.78 is 0. The van der Waals surface area contributed by atoms with Crippen LogP contribution in [0.15, 0.2) is 29.3 Å². The van der Waals surface area contributed by atoms with Crippen molar-refractivity contribution in [3.63, 3.8) is 0 Å². The van der Waals surface area contributed by atoms with Crippen LogP contribution in [0.2, 0.25) is 0 Å². The molecule has 2 heterocycles. The van der Waals surface area contributed by atoms with Gasteiger partial charge in [-0.15, -0.1) is 0 Å². The van der Waals surface area contributed by atoms with Crippen molar-refractivity contribution in [1.29, 1.82) is 0 Å². The van der Waals surface area contributed by atoms with Gasteiger partial charge in [0.25, 0.3) is 0 Å². The first-order chi connectivity index (χ1) is 33.0. The summed E-state index contributed by atoms with van der Waals surface area (Å²) in [7, 11) is 0. The van der Waals surface area contributed by atoms with Gasteiger partial charge in [-0.05, 0) is 19.3 Å². The fraction of sp³-hybridized carbons (Fsp3) is 0.842. The number of aliphatic imine (C=N–C) groups is 1. The lowest BCUT2D eigenvalue weighted by Crippen LogP contribution is -2.35. The molecule has 1 aromatic heterocycles. The molecule has 0 saturated carbocycles. The number of aromatic amines is 1. The summed E-state index contributed by atoms with van der Waals surface area (Å²) in [5.74, 6) is 0.396. The molecule has 2 rings (SSSR count). The average molecular weight is 956 g/mol. The molecule has 396 valence electrons. The van der Waals surface area contributed by atoms with Gasteiger partial charge in [0.15, 0.2) is 0 Å². The number of hydrogen-bond donors (Lipinski definition) is 5. The van der Waals surface area contributed by atoms with Crippen LogP contribution in [0.25, 0.3) is 0 Å². The molecule has 1 aromatic rings. The highest BCUT2D eigenvalue weighted by Crippen LogP contribution is 2.13. The molecule has 0 bridgehead atoms. The number of rotatable bonds is 48. The molecule has 1 aliphatic rings. The van der Waals surface area contributed by atoms with Crippen LogP contribution >= 0.6 is 0 Å². The predicted molar refractivity (Wildman–Crippen MR) is 293 cm³/mol. The first-order valence-corrected chi connectivity index (χ1v) is 28.4. The molecular formula is C57H110N8O3. The van der Waals surface area contributed by atoms with Gasteiger partial charge < -0.3 is 31.2 Å². The fourth-order valence-corrected chi connectivity index (χ4v) is 8.46. The van der Waals surface area contributed by atoms with Crippen molar-refractivity contribution in [3.05, 3.63) is 30.0 Å². The summed E-state index contributed by atoms with van der Waals surface area (Å²) in [4.78, 5) is 50.5. The van der Waals surface area contributed by atoms with E-state index in [1.807, 2.05) is 12.4 Å². The first kappa shape index (κ1) is 65.0. The summed E-state index contributed by atoms with van der Waals surface area (Å²) in [6.07, 6.45) is 51.2. The van der Waals surface area contributed by atoms with Crippen LogP contribution in [0, 0.1) is 0 Å². The molecule has 0 spiro atoms. The SMILES string of the molecule is C.CCCCCCCCCCCCNC(=O)CCN(CCC(=O)NCCCCCCCCCCCC)CCc1cnc[nH]1.CCCCCCCCCCCCNC(=O)CCNCCC1=CCC=N1. The summed E-state index contributed by atoms with van der Waals surface area (Å²) in [6, 6.07) is 0. The third kappa shape index (κ3) is 45.4. The zero-order valence-electron chi connectivity index (χ0n) is 44.0. The van der Waals surface area contributed by atoms with Gasteiger partial charge in [-0.3, -0.25) is 19.4 Å². The number of allylic oxidation sites excluding steroid dienone is 1. The number of carbonyl (C=O) groups excluding carboxylic acids is 3. The Morgan fingerprint density at radius 1 is 0.500 bits per heavy atom. The highest BCUT2D eigenvalue weighted by atomic mass is 16.2. The minimum atomic E-state index is 0. The molecule has 0 unspecified atom stereocenters. The van der Waals surface area contributed by atoms with Crippen LogP contribution in [0.5, 0.6) is 0 Å². The third-order valence-corrected chi connectivity index (χ3v) is 12.9. The Morgan fingerprint density at radius 2 is 0.897 bits per heavy atom. The lowest BCUT2D eigenvalue weighted by Gasteiger charge is -2.21. The maximum absolute atomic E-state index is 12.5. The number of amides is 3. The van der Waals surface area contributed by atoms with E-state index in [1.165, 1.54) is 173 Å². The first-order valence-electron chi connectivity index (χ1n) is 28.4. The number of carbonyl (C=O) groups is 3. The van der Waals surface area contributed by atoms with Gasteiger partial charge in [0.1, 0.15) is 0 Å². The molecule has 11 heteroatoms. The summed E-state index contributed by atoms with van der Waals surface area (Å²) in [5, 5.41) is 12.5. The zero-order valence-corrected chi connectivity index (χ0v) is 44.0. The molecule has 0 aromatic carbocycles. The maximum Gasteiger partial charge on any atom is 0.221 e. The van der Waals surface area contributed by atoms with Gasteiger partial charge in [0.2, 0.25) is 17.7 Å².